The number of nitrogens with two attached hydrogens (primary N) is 1. The normalized spacial score (nSPS) is 21.1. The molecule has 1 atom stereocenters. The van der Waals surface area contributed by atoms with Gasteiger partial charge in [-0.3, -0.25) is 0 Å². The van der Waals surface area contributed by atoms with Crippen LogP contribution in [0.25, 0.3) is 0 Å². The molecule has 2 heterocycles. The molecule has 1 aliphatic rings. The van der Waals surface area contributed by atoms with Gasteiger partial charge in [-0.25, -0.2) is 13.1 Å². The van der Waals surface area contributed by atoms with Crippen LogP contribution in [0, 0.1) is 0 Å². The lowest BCUT2D eigenvalue weighted by Gasteiger charge is -2.22. The molecule has 0 bridgehead atoms. The maximum absolute atomic E-state index is 12.2. The Morgan fingerprint density at radius 2 is 2.39 bits per heavy atom. The van der Waals surface area contributed by atoms with Gasteiger partial charge in [0.05, 0.1) is 10.4 Å². The molecule has 1 unspecified atom stereocenters. The number of ether oxygens (including phenoxy) is 1. The van der Waals surface area contributed by atoms with Crippen LogP contribution in [-0.2, 0) is 21.3 Å². The molecule has 18 heavy (non-hydrogen) atoms. The smallest absolute Gasteiger partial charge is 0.242 e. The average Bonchev–Trinajstić information content (AvgIpc) is 2.72. The van der Waals surface area contributed by atoms with Crippen molar-refractivity contribution in [1.82, 2.24) is 4.72 Å². The summed E-state index contributed by atoms with van der Waals surface area (Å²) in [5.41, 5.74) is 5.51. The highest BCUT2D eigenvalue weighted by Gasteiger charge is 2.25. The van der Waals surface area contributed by atoms with Crippen LogP contribution in [0.1, 0.15) is 17.7 Å². The second-order valence-corrected chi connectivity index (χ2v) is 8.23. The number of rotatable bonds is 4. The predicted molar refractivity (Wildman–Crippen MR) is 74.1 cm³/mol. The molecular formula is C10H15BrN2O3S2. The van der Waals surface area contributed by atoms with Crippen molar-refractivity contribution in [1.29, 1.82) is 0 Å². The quantitative estimate of drug-likeness (QED) is 0.856. The van der Waals surface area contributed by atoms with Crippen LogP contribution in [0.5, 0.6) is 0 Å². The van der Waals surface area contributed by atoms with Gasteiger partial charge in [0.25, 0.3) is 0 Å². The second kappa shape index (κ2) is 5.98. The van der Waals surface area contributed by atoms with E-state index in [1.807, 2.05) is 0 Å². The van der Waals surface area contributed by atoms with E-state index in [1.165, 1.54) is 11.3 Å². The summed E-state index contributed by atoms with van der Waals surface area (Å²) in [6.45, 7) is 1.48. The minimum absolute atomic E-state index is 0.142. The fourth-order valence-corrected chi connectivity index (χ4v) is 5.61. The van der Waals surface area contributed by atoms with Crippen LogP contribution < -0.4 is 10.5 Å². The fraction of sp³-hybridized carbons (Fsp3) is 0.600. The molecule has 1 aromatic rings. The predicted octanol–water partition coefficient (Wildman–Crippen LogP) is 1.43. The van der Waals surface area contributed by atoms with Gasteiger partial charge in [0, 0.05) is 24.1 Å². The number of sulfonamides is 1. The molecular weight excluding hydrogens is 340 g/mol. The minimum atomic E-state index is -3.50. The van der Waals surface area contributed by atoms with Crippen LogP contribution in [0.4, 0.5) is 0 Å². The molecule has 0 saturated carbocycles. The van der Waals surface area contributed by atoms with Gasteiger partial charge < -0.3 is 10.5 Å². The molecule has 8 heteroatoms. The summed E-state index contributed by atoms with van der Waals surface area (Å²) in [5, 5.41) is 0. The molecule has 3 N–H and O–H groups in total. The Balaban J connectivity index is 2.16. The molecule has 0 aliphatic carbocycles. The molecule has 0 amide bonds. The van der Waals surface area contributed by atoms with Gasteiger partial charge in [-0.1, -0.05) is 0 Å². The van der Waals surface area contributed by atoms with E-state index in [0.29, 0.717) is 23.5 Å². The van der Waals surface area contributed by atoms with Gasteiger partial charge in [-0.15, -0.1) is 11.3 Å². The summed E-state index contributed by atoms with van der Waals surface area (Å²) in [7, 11) is -3.50. The van der Waals surface area contributed by atoms with Gasteiger partial charge >= 0.3 is 0 Å². The zero-order valence-electron chi connectivity index (χ0n) is 9.69. The van der Waals surface area contributed by atoms with Crippen molar-refractivity contribution in [3.05, 3.63) is 14.7 Å². The Bertz CT molecular complexity index is 509. The van der Waals surface area contributed by atoms with Crippen LogP contribution in [0.2, 0.25) is 0 Å². The average molecular weight is 355 g/mol. The van der Waals surface area contributed by atoms with Crippen LogP contribution in [0.3, 0.4) is 0 Å². The van der Waals surface area contributed by atoms with E-state index < -0.39 is 10.0 Å². The number of nitrogens with one attached hydrogen (secondary N) is 1. The van der Waals surface area contributed by atoms with E-state index in [9.17, 15) is 8.42 Å². The van der Waals surface area contributed by atoms with Crippen LogP contribution >= 0.6 is 27.3 Å². The molecule has 1 aliphatic heterocycles. The first-order chi connectivity index (χ1) is 8.53. The third-order valence-electron chi connectivity index (χ3n) is 2.68. The molecule has 2 rings (SSSR count). The Kier molecular flexibility index (Phi) is 4.79. The van der Waals surface area contributed by atoms with Crippen molar-refractivity contribution < 1.29 is 13.2 Å². The molecule has 5 nitrogen and oxygen atoms in total. The molecule has 0 aromatic carbocycles. The third kappa shape index (κ3) is 3.31. The molecule has 1 saturated heterocycles. The molecule has 1 aromatic heterocycles. The lowest BCUT2D eigenvalue weighted by atomic mass is 10.1. The summed E-state index contributed by atoms with van der Waals surface area (Å²) >= 11 is 4.62. The Morgan fingerprint density at radius 1 is 1.61 bits per heavy atom. The standard InChI is InChI=1S/C10H15BrN2O3S2/c11-10-9(4-8(5-12)17-10)18(14,15)13-7-2-1-3-16-6-7/h4,7,13H,1-3,5-6,12H2. The van der Waals surface area contributed by atoms with E-state index in [4.69, 9.17) is 10.5 Å². The van der Waals surface area contributed by atoms with Gasteiger partial charge in [0.1, 0.15) is 4.90 Å². The second-order valence-electron chi connectivity index (χ2n) is 4.09. The first kappa shape index (κ1) is 14.4. The highest BCUT2D eigenvalue weighted by Crippen LogP contribution is 2.31. The largest absolute Gasteiger partial charge is 0.380 e. The van der Waals surface area contributed by atoms with Gasteiger partial charge in [0.2, 0.25) is 10.0 Å². The summed E-state index contributed by atoms with van der Waals surface area (Å²) in [4.78, 5) is 1.10. The Hall–Kier alpha value is 0.01000. The van der Waals surface area contributed by atoms with Crippen molar-refractivity contribution in [2.45, 2.75) is 30.3 Å². The maximum atomic E-state index is 12.2. The summed E-state index contributed by atoms with van der Waals surface area (Å²) in [6.07, 6.45) is 1.69. The highest BCUT2D eigenvalue weighted by atomic mass is 79.9. The van der Waals surface area contributed by atoms with Gasteiger partial charge in [0.15, 0.2) is 0 Å². The van der Waals surface area contributed by atoms with Crippen molar-refractivity contribution >= 4 is 37.3 Å². The summed E-state index contributed by atoms with van der Waals surface area (Å²) in [5.74, 6) is 0. The number of hydrogen-bond donors (Lipinski definition) is 2. The van der Waals surface area contributed by atoms with Crippen LogP contribution in [-0.4, -0.2) is 27.7 Å². The zero-order chi connectivity index (χ0) is 13.2. The van der Waals surface area contributed by atoms with Gasteiger partial charge in [-0.2, -0.15) is 0 Å². The van der Waals surface area contributed by atoms with E-state index in [2.05, 4.69) is 20.7 Å². The SMILES string of the molecule is NCc1cc(S(=O)(=O)NC2CCCOC2)c(Br)s1. The van der Waals surface area contributed by atoms with Crippen LogP contribution in [0.15, 0.2) is 14.7 Å². The minimum Gasteiger partial charge on any atom is -0.380 e. The van der Waals surface area contributed by atoms with E-state index in [-0.39, 0.29) is 10.9 Å². The maximum Gasteiger partial charge on any atom is 0.242 e. The molecule has 1 fully saturated rings. The molecule has 102 valence electrons. The van der Waals surface area contributed by atoms with Crippen molar-refractivity contribution in [2.75, 3.05) is 13.2 Å². The topological polar surface area (TPSA) is 81.4 Å². The molecule has 0 spiro atoms. The third-order valence-corrected chi connectivity index (χ3v) is 6.47. The summed E-state index contributed by atoms with van der Waals surface area (Å²) < 4.78 is 33.0. The monoisotopic (exact) mass is 354 g/mol. The fourth-order valence-electron chi connectivity index (χ4n) is 1.80. The lowest BCUT2D eigenvalue weighted by Crippen LogP contribution is -2.40. The first-order valence-corrected chi connectivity index (χ1v) is 8.70. The van der Waals surface area contributed by atoms with Crippen molar-refractivity contribution in [3.63, 3.8) is 0 Å². The number of hydrogen-bond acceptors (Lipinski definition) is 5. The Morgan fingerprint density at radius 3 is 2.94 bits per heavy atom. The van der Waals surface area contributed by atoms with Crippen molar-refractivity contribution in [2.24, 2.45) is 5.73 Å². The van der Waals surface area contributed by atoms with E-state index in [0.717, 1.165) is 17.7 Å². The van der Waals surface area contributed by atoms with E-state index >= 15 is 0 Å². The zero-order valence-corrected chi connectivity index (χ0v) is 12.9. The molecule has 0 radical (unpaired) electrons. The Labute approximate surface area is 119 Å². The first-order valence-electron chi connectivity index (χ1n) is 5.61. The number of halogens is 1. The van der Waals surface area contributed by atoms with Gasteiger partial charge in [-0.05, 0) is 34.8 Å². The summed E-state index contributed by atoms with van der Waals surface area (Å²) in [6, 6.07) is 1.47. The van der Waals surface area contributed by atoms with E-state index in [1.54, 1.807) is 6.07 Å². The van der Waals surface area contributed by atoms with Crippen molar-refractivity contribution in [3.8, 4) is 0 Å². The number of thiophene rings is 1. The lowest BCUT2D eigenvalue weighted by molar-refractivity contribution is 0.0774. The highest BCUT2D eigenvalue weighted by molar-refractivity contribution is 9.11.